The Labute approximate surface area is 93.1 Å². The maximum Gasteiger partial charge on any atom is 0.228 e. The van der Waals surface area contributed by atoms with Crippen molar-refractivity contribution in [1.82, 2.24) is 4.90 Å². The van der Waals surface area contributed by atoms with E-state index in [0.717, 1.165) is 6.42 Å². The molecule has 0 aliphatic rings. The first kappa shape index (κ1) is 14.0. The molecule has 0 rings (SSSR count). The molecule has 86 valence electrons. The van der Waals surface area contributed by atoms with E-state index >= 15 is 0 Å². The maximum atomic E-state index is 12.1. The van der Waals surface area contributed by atoms with Crippen molar-refractivity contribution in [3.63, 3.8) is 0 Å². The van der Waals surface area contributed by atoms with Gasteiger partial charge in [0.05, 0.1) is 12.0 Å². The first-order valence-corrected chi connectivity index (χ1v) is 5.58. The second kappa shape index (κ2) is 5.75. The van der Waals surface area contributed by atoms with Gasteiger partial charge in [-0.3, -0.25) is 4.79 Å². The van der Waals surface area contributed by atoms with Crippen molar-refractivity contribution in [3.8, 4) is 6.07 Å². The first-order valence-electron chi connectivity index (χ1n) is 5.58. The normalized spacial score (nSPS) is 13.1. The van der Waals surface area contributed by atoms with E-state index < -0.39 is 0 Å². The summed E-state index contributed by atoms with van der Waals surface area (Å²) in [6, 6.07) is 2.16. The molecule has 0 aliphatic carbocycles. The molecule has 0 saturated carbocycles. The summed E-state index contributed by atoms with van der Waals surface area (Å²) in [6.07, 6.45) is 0.823. The standard InChI is InChI=1S/C12H22N2O/c1-6-12(4,5)11(15)14(7-2)9-10(3)8-13/h10H,6-7,9H2,1-5H3. The van der Waals surface area contributed by atoms with Crippen LogP contribution in [0.3, 0.4) is 0 Å². The predicted octanol–water partition coefficient (Wildman–Crippen LogP) is 2.43. The van der Waals surface area contributed by atoms with Crippen molar-refractivity contribution in [2.24, 2.45) is 11.3 Å². The van der Waals surface area contributed by atoms with Crippen molar-refractivity contribution in [1.29, 1.82) is 5.26 Å². The highest BCUT2D eigenvalue weighted by atomic mass is 16.2. The summed E-state index contributed by atoms with van der Waals surface area (Å²) in [5.41, 5.74) is -0.314. The SMILES string of the molecule is CCN(CC(C)C#N)C(=O)C(C)(C)CC. The third kappa shape index (κ3) is 3.91. The summed E-state index contributed by atoms with van der Waals surface area (Å²) in [4.78, 5) is 13.9. The largest absolute Gasteiger partial charge is 0.341 e. The lowest BCUT2D eigenvalue weighted by Gasteiger charge is -2.31. The van der Waals surface area contributed by atoms with E-state index in [1.807, 2.05) is 34.6 Å². The Balaban J connectivity index is 4.56. The zero-order valence-corrected chi connectivity index (χ0v) is 10.5. The third-order valence-electron chi connectivity index (χ3n) is 2.85. The molecule has 0 aliphatic heterocycles. The fourth-order valence-electron chi connectivity index (χ4n) is 1.31. The van der Waals surface area contributed by atoms with Crippen LogP contribution in [0, 0.1) is 22.7 Å². The lowest BCUT2D eigenvalue weighted by atomic mass is 9.88. The monoisotopic (exact) mass is 210 g/mol. The summed E-state index contributed by atoms with van der Waals surface area (Å²) < 4.78 is 0. The Kier molecular flexibility index (Phi) is 5.35. The molecule has 15 heavy (non-hydrogen) atoms. The Morgan fingerprint density at radius 1 is 1.47 bits per heavy atom. The van der Waals surface area contributed by atoms with E-state index in [0.29, 0.717) is 13.1 Å². The molecule has 0 heterocycles. The van der Waals surface area contributed by atoms with E-state index in [4.69, 9.17) is 5.26 Å². The molecule has 0 fully saturated rings. The Hall–Kier alpha value is -1.04. The minimum absolute atomic E-state index is 0.0958. The van der Waals surface area contributed by atoms with Crippen molar-refractivity contribution in [2.45, 2.75) is 41.0 Å². The number of amides is 1. The molecule has 0 aromatic rings. The third-order valence-corrected chi connectivity index (χ3v) is 2.85. The van der Waals surface area contributed by atoms with Gasteiger partial charge in [-0.15, -0.1) is 0 Å². The van der Waals surface area contributed by atoms with Crippen LogP contribution in [0.25, 0.3) is 0 Å². The van der Waals surface area contributed by atoms with E-state index in [9.17, 15) is 4.79 Å². The van der Waals surface area contributed by atoms with Crippen molar-refractivity contribution in [2.75, 3.05) is 13.1 Å². The highest BCUT2D eigenvalue weighted by Crippen LogP contribution is 2.23. The highest BCUT2D eigenvalue weighted by Gasteiger charge is 2.29. The van der Waals surface area contributed by atoms with Gasteiger partial charge in [0.2, 0.25) is 5.91 Å². The lowest BCUT2D eigenvalue weighted by molar-refractivity contribution is -0.140. The van der Waals surface area contributed by atoms with Crippen LogP contribution in [-0.4, -0.2) is 23.9 Å². The molecule has 0 spiro atoms. The molecule has 0 aromatic heterocycles. The van der Waals surface area contributed by atoms with Crippen LogP contribution in [0.1, 0.15) is 41.0 Å². The Morgan fingerprint density at radius 3 is 2.33 bits per heavy atom. The molecule has 1 unspecified atom stereocenters. The van der Waals surface area contributed by atoms with Gasteiger partial charge in [-0.05, 0) is 20.3 Å². The molecule has 0 bridgehead atoms. The van der Waals surface area contributed by atoms with Gasteiger partial charge in [-0.1, -0.05) is 20.8 Å². The van der Waals surface area contributed by atoms with Gasteiger partial charge in [0, 0.05) is 18.5 Å². The number of nitriles is 1. The van der Waals surface area contributed by atoms with Crippen LogP contribution in [0.2, 0.25) is 0 Å². The van der Waals surface area contributed by atoms with Crippen LogP contribution < -0.4 is 0 Å². The molecular weight excluding hydrogens is 188 g/mol. The summed E-state index contributed by atoms with van der Waals surface area (Å²) in [5, 5.41) is 8.73. The second-order valence-electron chi connectivity index (χ2n) is 4.61. The summed E-state index contributed by atoms with van der Waals surface area (Å²) in [5.74, 6) is 0.0520. The zero-order chi connectivity index (χ0) is 12.1. The average Bonchev–Trinajstić information content (AvgIpc) is 2.24. The number of rotatable bonds is 5. The minimum Gasteiger partial charge on any atom is -0.341 e. The zero-order valence-electron chi connectivity index (χ0n) is 10.5. The highest BCUT2D eigenvalue weighted by molar-refractivity contribution is 5.81. The van der Waals surface area contributed by atoms with Crippen LogP contribution in [-0.2, 0) is 4.79 Å². The number of hydrogen-bond acceptors (Lipinski definition) is 2. The van der Waals surface area contributed by atoms with E-state index in [-0.39, 0.29) is 17.2 Å². The lowest BCUT2D eigenvalue weighted by Crippen LogP contribution is -2.42. The maximum absolute atomic E-state index is 12.1. The van der Waals surface area contributed by atoms with Crippen molar-refractivity contribution < 1.29 is 4.79 Å². The minimum atomic E-state index is -0.314. The fraction of sp³-hybridized carbons (Fsp3) is 0.833. The van der Waals surface area contributed by atoms with Gasteiger partial charge in [0.15, 0.2) is 0 Å². The number of carbonyl (C=O) groups is 1. The molecule has 3 nitrogen and oxygen atoms in total. The molecule has 3 heteroatoms. The van der Waals surface area contributed by atoms with E-state index in [2.05, 4.69) is 6.07 Å². The predicted molar refractivity (Wildman–Crippen MR) is 61.1 cm³/mol. The average molecular weight is 210 g/mol. The topological polar surface area (TPSA) is 44.1 Å². The van der Waals surface area contributed by atoms with E-state index in [1.54, 1.807) is 4.90 Å². The molecule has 0 radical (unpaired) electrons. The Morgan fingerprint density at radius 2 is 2.00 bits per heavy atom. The molecule has 1 atom stereocenters. The van der Waals surface area contributed by atoms with Crippen molar-refractivity contribution >= 4 is 5.91 Å². The van der Waals surface area contributed by atoms with Crippen LogP contribution >= 0.6 is 0 Å². The number of nitrogens with zero attached hydrogens (tertiary/aromatic N) is 2. The number of carbonyl (C=O) groups excluding carboxylic acids is 1. The molecule has 0 N–H and O–H groups in total. The molecule has 0 aromatic carbocycles. The summed E-state index contributed by atoms with van der Waals surface area (Å²) in [7, 11) is 0. The second-order valence-corrected chi connectivity index (χ2v) is 4.61. The smallest absolute Gasteiger partial charge is 0.228 e. The summed E-state index contributed by atoms with van der Waals surface area (Å²) >= 11 is 0. The van der Waals surface area contributed by atoms with Crippen LogP contribution in [0.15, 0.2) is 0 Å². The quantitative estimate of drug-likeness (QED) is 0.699. The summed E-state index contributed by atoms with van der Waals surface area (Å²) in [6.45, 7) is 10.9. The van der Waals surface area contributed by atoms with Gasteiger partial charge < -0.3 is 4.90 Å². The fourth-order valence-corrected chi connectivity index (χ4v) is 1.31. The molecular formula is C12H22N2O. The number of hydrogen-bond donors (Lipinski definition) is 0. The molecule has 1 amide bonds. The van der Waals surface area contributed by atoms with Gasteiger partial charge in [0.1, 0.15) is 0 Å². The van der Waals surface area contributed by atoms with Crippen molar-refractivity contribution in [3.05, 3.63) is 0 Å². The van der Waals surface area contributed by atoms with E-state index in [1.165, 1.54) is 0 Å². The van der Waals surface area contributed by atoms with Crippen LogP contribution in [0.4, 0.5) is 0 Å². The first-order chi connectivity index (χ1) is 6.88. The van der Waals surface area contributed by atoms with Gasteiger partial charge in [-0.25, -0.2) is 0 Å². The molecule has 0 saturated heterocycles. The van der Waals surface area contributed by atoms with Crippen LogP contribution in [0.5, 0.6) is 0 Å². The Bertz CT molecular complexity index is 253. The van der Waals surface area contributed by atoms with Gasteiger partial charge >= 0.3 is 0 Å². The van der Waals surface area contributed by atoms with Gasteiger partial charge in [-0.2, -0.15) is 5.26 Å². The van der Waals surface area contributed by atoms with Gasteiger partial charge in [0.25, 0.3) is 0 Å².